The first-order chi connectivity index (χ1) is 21.9. The Hall–Kier alpha value is -4.52. The maximum absolute atomic E-state index is 13.8. The number of fused-ring (bicyclic) bond motifs is 1. The molecule has 1 saturated heterocycles. The molecule has 0 spiro atoms. The van der Waals surface area contributed by atoms with E-state index in [0.717, 1.165) is 16.3 Å². The fourth-order valence-corrected chi connectivity index (χ4v) is 5.66. The smallest absolute Gasteiger partial charge is 0.303 e. The number of rotatable bonds is 17. The molecule has 0 bridgehead atoms. The van der Waals surface area contributed by atoms with Crippen LogP contribution < -0.4 is 22.1 Å². The number of carboxylic acid groups (broad SMARTS) is 1. The van der Waals surface area contributed by atoms with Crippen LogP contribution in [0.15, 0.2) is 42.5 Å². The molecule has 1 fully saturated rings. The average Bonchev–Trinajstić information content (AvgIpc) is 3.03. The lowest BCUT2D eigenvalue weighted by atomic mass is 9.90. The van der Waals surface area contributed by atoms with Gasteiger partial charge in [-0.2, -0.15) is 0 Å². The van der Waals surface area contributed by atoms with Crippen LogP contribution in [0.1, 0.15) is 56.9 Å². The van der Waals surface area contributed by atoms with Crippen molar-refractivity contribution < 1.29 is 38.7 Å². The Bertz CT molecular complexity index is 1470. The molecule has 0 radical (unpaired) electrons. The Morgan fingerprint density at radius 3 is 2.28 bits per heavy atom. The van der Waals surface area contributed by atoms with E-state index < -0.39 is 77.6 Å². The van der Waals surface area contributed by atoms with Crippen molar-refractivity contribution in [3.05, 3.63) is 48.0 Å². The third-order valence-electron chi connectivity index (χ3n) is 8.04. The van der Waals surface area contributed by atoms with Crippen LogP contribution in [-0.4, -0.2) is 81.8 Å². The third-order valence-corrected chi connectivity index (χ3v) is 8.28. The Balaban J connectivity index is 1.88. The van der Waals surface area contributed by atoms with Crippen molar-refractivity contribution in [1.29, 1.82) is 0 Å². The molecular weight excluding hydrogens is 618 g/mol. The number of alkyl halides is 1. The number of nitrogens with zero attached hydrogens (tertiary/aromatic N) is 1. The molecule has 1 aliphatic heterocycles. The van der Waals surface area contributed by atoms with Crippen molar-refractivity contribution in [2.24, 2.45) is 17.4 Å². The molecule has 0 unspecified atom stereocenters. The maximum Gasteiger partial charge on any atom is 0.303 e. The standard InChI is InChI=1S/C32H40ClN5O8/c33-18-28(41)36-23(11-13-29(42)43)32(46)38-14-4-3-7-25(38)31(45)37-24(26(39)17-22(30(35)44)10-12-27(34)40)16-19-8-9-20-5-1-2-6-21(20)15-19/h1-2,5-6,8-9,15,22-25H,3-4,7,10-14,16-18H2,(H2,34,40)(H2,35,44)(H,36,41)(H,37,45)(H,42,43)/t22-,23+,24+,25+/m1/s1. The van der Waals surface area contributed by atoms with Crippen LogP contribution in [-0.2, 0) is 40.0 Å². The second kappa shape index (κ2) is 17.2. The number of nitrogens with two attached hydrogens (primary N) is 2. The number of aliphatic carboxylic acids is 1. The van der Waals surface area contributed by atoms with Crippen LogP contribution in [0.3, 0.4) is 0 Å². The number of ketones is 1. The highest BCUT2D eigenvalue weighted by molar-refractivity contribution is 6.27. The molecule has 13 nitrogen and oxygen atoms in total. The summed E-state index contributed by atoms with van der Waals surface area (Å²) in [5, 5.41) is 16.3. The van der Waals surface area contributed by atoms with Crippen LogP contribution in [0.5, 0.6) is 0 Å². The van der Waals surface area contributed by atoms with Crippen molar-refractivity contribution in [3.63, 3.8) is 0 Å². The molecule has 0 aliphatic carbocycles. The van der Waals surface area contributed by atoms with Crippen LogP contribution in [0.2, 0.25) is 0 Å². The van der Waals surface area contributed by atoms with Gasteiger partial charge in [-0.05, 0) is 54.9 Å². The van der Waals surface area contributed by atoms with E-state index in [4.69, 9.17) is 28.2 Å². The number of piperidine rings is 1. The molecule has 0 saturated carbocycles. The Morgan fingerprint density at radius 1 is 0.913 bits per heavy atom. The Morgan fingerprint density at radius 2 is 1.63 bits per heavy atom. The topological polar surface area (TPSA) is 219 Å². The van der Waals surface area contributed by atoms with Gasteiger partial charge in [0.1, 0.15) is 18.0 Å². The van der Waals surface area contributed by atoms with E-state index in [1.54, 1.807) is 0 Å². The molecular formula is C32H40ClN5O8. The first-order valence-electron chi connectivity index (χ1n) is 15.2. The summed E-state index contributed by atoms with van der Waals surface area (Å²) in [4.78, 5) is 89.1. The molecule has 1 heterocycles. The zero-order valence-electron chi connectivity index (χ0n) is 25.4. The Kier molecular flexibility index (Phi) is 13.5. The number of amides is 5. The number of likely N-dealkylation sites (tertiary alicyclic amines) is 1. The molecule has 0 aromatic heterocycles. The van der Waals surface area contributed by atoms with Crippen LogP contribution in [0, 0.1) is 5.92 Å². The lowest BCUT2D eigenvalue weighted by Gasteiger charge is -2.37. The summed E-state index contributed by atoms with van der Waals surface area (Å²) >= 11 is 5.60. The van der Waals surface area contributed by atoms with Crippen LogP contribution in [0.4, 0.5) is 0 Å². The van der Waals surface area contributed by atoms with E-state index >= 15 is 0 Å². The van der Waals surface area contributed by atoms with Gasteiger partial charge in [-0.3, -0.25) is 33.6 Å². The number of carbonyl (C=O) groups is 7. The number of halogens is 1. The van der Waals surface area contributed by atoms with Gasteiger partial charge in [0.05, 0.1) is 6.04 Å². The number of carboxylic acids is 1. The Labute approximate surface area is 271 Å². The number of primary amides is 2. The summed E-state index contributed by atoms with van der Waals surface area (Å²) in [7, 11) is 0. The van der Waals surface area contributed by atoms with Crippen molar-refractivity contribution in [2.45, 2.75) is 75.9 Å². The predicted octanol–water partition coefficient (Wildman–Crippen LogP) is 1.16. The summed E-state index contributed by atoms with van der Waals surface area (Å²) in [6, 6.07) is 9.91. The van der Waals surface area contributed by atoms with Gasteiger partial charge in [-0.15, -0.1) is 11.6 Å². The molecule has 2 aromatic rings. The van der Waals surface area contributed by atoms with Gasteiger partial charge in [0.15, 0.2) is 5.78 Å². The molecule has 14 heteroatoms. The number of nitrogens with one attached hydrogen (secondary N) is 2. The highest BCUT2D eigenvalue weighted by Gasteiger charge is 2.38. The number of carbonyl (C=O) groups excluding carboxylic acids is 6. The van der Waals surface area contributed by atoms with Gasteiger partial charge < -0.3 is 32.1 Å². The normalized spacial score (nSPS) is 16.5. The highest BCUT2D eigenvalue weighted by atomic mass is 35.5. The van der Waals surface area contributed by atoms with E-state index in [1.807, 2.05) is 42.5 Å². The van der Waals surface area contributed by atoms with E-state index in [1.165, 1.54) is 4.90 Å². The molecule has 248 valence electrons. The summed E-state index contributed by atoms with van der Waals surface area (Å²) in [6.07, 6.45) is 0.411. The molecule has 5 amide bonds. The van der Waals surface area contributed by atoms with Crippen LogP contribution in [0.25, 0.3) is 10.8 Å². The van der Waals surface area contributed by atoms with Crippen LogP contribution >= 0.6 is 11.6 Å². The van der Waals surface area contributed by atoms with Gasteiger partial charge in [-0.25, -0.2) is 0 Å². The fraction of sp³-hybridized carbons (Fsp3) is 0.469. The second-order valence-electron chi connectivity index (χ2n) is 11.5. The monoisotopic (exact) mass is 657 g/mol. The number of hydrogen-bond donors (Lipinski definition) is 5. The SMILES string of the molecule is NC(=O)CC[C@H](CC(=O)[C@H](Cc1ccc2ccccc2c1)NC(=O)[C@@H]1CCCCN1C(=O)[C@H](CCC(=O)O)NC(=O)CCl)C(N)=O. The highest BCUT2D eigenvalue weighted by Crippen LogP contribution is 2.22. The van der Waals surface area contributed by atoms with Crippen molar-refractivity contribution >= 4 is 63.7 Å². The minimum Gasteiger partial charge on any atom is -0.481 e. The lowest BCUT2D eigenvalue weighted by Crippen LogP contribution is -2.59. The van der Waals surface area contributed by atoms with Gasteiger partial charge >= 0.3 is 5.97 Å². The molecule has 3 rings (SSSR count). The first-order valence-corrected chi connectivity index (χ1v) is 15.7. The summed E-state index contributed by atoms with van der Waals surface area (Å²) in [5.41, 5.74) is 11.5. The third kappa shape index (κ3) is 10.5. The molecule has 7 N–H and O–H groups in total. The minimum absolute atomic E-state index is 0.0241. The largest absolute Gasteiger partial charge is 0.481 e. The van der Waals surface area contributed by atoms with E-state index in [9.17, 15) is 33.6 Å². The summed E-state index contributed by atoms with van der Waals surface area (Å²) in [5.74, 6) is -6.40. The number of hydrogen-bond acceptors (Lipinski definition) is 7. The van der Waals surface area contributed by atoms with E-state index in [2.05, 4.69) is 10.6 Å². The van der Waals surface area contributed by atoms with Crippen molar-refractivity contribution in [3.8, 4) is 0 Å². The van der Waals surface area contributed by atoms with Gasteiger partial charge in [0, 0.05) is 31.7 Å². The number of benzene rings is 2. The lowest BCUT2D eigenvalue weighted by molar-refractivity contribution is -0.146. The number of Topliss-reactive ketones (excluding diaryl/α,β-unsaturated/α-hetero) is 1. The maximum atomic E-state index is 13.8. The van der Waals surface area contributed by atoms with E-state index in [-0.39, 0.29) is 45.1 Å². The molecule has 1 aliphatic rings. The quantitative estimate of drug-likeness (QED) is 0.155. The van der Waals surface area contributed by atoms with Crippen molar-refractivity contribution in [2.75, 3.05) is 12.4 Å². The van der Waals surface area contributed by atoms with Crippen molar-refractivity contribution in [1.82, 2.24) is 15.5 Å². The zero-order chi connectivity index (χ0) is 33.8. The summed E-state index contributed by atoms with van der Waals surface area (Å²) in [6.45, 7) is 0.178. The van der Waals surface area contributed by atoms with E-state index in [0.29, 0.717) is 12.8 Å². The molecule has 46 heavy (non-hydrogen) atoms. The predicted molar refractivity (Wildman–Crippen MR) is 169 cm³/mol. The van der Waals surface area contributed by atoms with Gasteiger partial charge in [0.2, 0.25) is 29.5 Å². The molecule has 2 aromatic carbocycles. The summed E-state index contributed by atoms with van der Waals surface area (Å²) < 4.78 is 0. The second-order valence-corrected chi connectivity index (χ2v) is 11.7. The van der Waals surface area contributed by atoms with Gasteiger partial charge in [0.25, 0.3) is 0 Å². The molecule has 4 atom stereocenters. The zero-order valence-corrected chi connectivity index (χ0v) is 26.2. The fourth-order valence-electron chi connectivity index (χ4n) is 5.59. The average molecular weight is 658 g/mol. The van der Waals surface area contributed by atoms with Gasteiger partial charge in [-0.1, -0.05) is 42.5 Å². The first kappa shape index (κ1) is 36.0. The minimum atomic E-state index is -1.22.